The van der Waals surface area contributed by atoms with E-state index < -0.39 is 0 Å². The van der Waals surface area contributed by atoms with Gasteiger partial charge in [0.25, 0.3) is 0 Å². The molecule has 23 heavy (non-hydrogen) atoms. The second-order valence-corrected chi connectivity index (χ2v) is 5.46. The van der Waals surface area contributed by atoms with Gasteiger partial charge < -0.3 is 10.2 Å². The van der Waals surface area contributed by atoms with Gasteiger partial charge in [0.1, 0.15) is 0 Å². The first kappa shape index (κ1) is 15.3. The SMILES string of the molecule is Oc1cccc(/C=N/n2c(-c3cccc(Cl)c3)n[nH]c2=S)c1O. The number of phenolic OH excluding ortho intramolecular Hbond substituents is 2. The highest BCUT2D eigenvalue weighted by Gasteiger charge is 2.09. The van der Waals surface area contributed by atoms with E-state index in [0.29, 0.717) is 16.4 Å². The first-order chi connectivity index (χ1) is 11.1. The molecule has 0 spiro atoms. The van der Waals surface area contributed by atoms with E-state index in [1.165, 1.54) is 17.0 Å². The molecular weight excluding hydrogens is 336 g/mol. The number of hydrogen-bond acceptors (Lipinski definition) is 5. The van der Waals surface area contributed by atoms with Crippen molar-refractivity contribution in [1.29, 1.82) is 0 Å². The van der Waals surface area contributed by atoms with Crippen LogP contribution in [0.15, 0.2) is 47.6 Å². The van der Waals surface area contributed by atoms with Crippen LogP contribution in [0.4, 0.5) is 0 Å². The van der Waals surface area contributed by atoms with Crippen molar-refractivity contribution in [1.82, 2.24) is 14.9 Å². The van der Waals surface area contributed by atoms with E-state index in [1.54, 1.807) is 30.3 Å². The number of para-hydroxylation sites is 1. The highest BCUT2D eigenvalue weighted by atomic mass is 35.5. The second kappa shape index (κ2) is 6.23. The van der Waals surface area contributed by atoms with E-state index in [4.69, 9.17) is 23.8 Å². The number of hydrogen-bond donors (Lipinski definition) is 3. The van der Waals surface area contributed by atoms with Crippen LogP contribution in [0.1, 0.15) is 5.56 Å². The molecule has 3 rings (SSSR count). The maximum atomic E-state index is 9.80. The highest BCUT2D eigenvalue weighted by Crippen LogP contribution is 2.27. The van der Waals surface area contributed by atoms with Crippen LogP contribution in [-0.4, -0.2) is 31.3 Å². The number of aromatic hydroxyl groups is 2. The Bertz CT molecular complexity index is 949. The zero-order chi connectivity index (χ0) is 16.4. The first-order valence-corrected chi connectivity index (χ1v) is 7.33. The van der Waals surface area contributed by atoms with Crippen molar-refractivity contribution in [2.24, 2.45) is 5.10 Å². The molecule has 1 heterocycles. The maximum Gasteiger partial charge on any atom is 0.216 e. The fraction of sp³-hybridized carbons (Fsp3) is 0. The van der Waals surface area contributed by atoms with Gasteiger partial charge in [0.15, 0.2) is 17.3 Å². The van der Waals surface area contributed by atoms with E-state index in [0.717, 1.165) is 5.56 Å². The lowest BCUT2D eigenvalue weighted by molar-refractivity contribution is 0.403. The molecule has 8 heteroatoms. The molecule has 0 aliphatic carbocycles. The Hall–Kier alpha value is -2.64. The Labute approximate surface area is 141 Å². The molecule has 1 aromatic heterocycles. The summed E-state index contributed by atoms with van der Waals surface area (Å²) in [7, 11) is 0. The molecule has 0 atom stereocenters. The second-order valence-electron chi connectivity index (χ2n) is 4.63. The zero-order valence-electron chi connectivity index (χ0n) is 11.6. The van der Waals surface area contributed by atoms with Crippen LogP contribution in [-0.2, 0) is 0 Å². The molecule has 0 saturated heterocycles. The van der Waals surface area contributed by atoms with E-state index in [9.17, 15) is 10.2 Å². The summed E-state index contributed by atoms with van der Waals surface area (Å²) >= 11 is 11.2. The van der Waals surface area contributed by atoms with Gasteiger partial charge in [-0.05, 0) is 36.5 Å². The molecule has 0 fully saturated rings. The van der Waals surface area contributed by atoms with Crippen LogP contribution >= 0.6 is 23.8 Å². The van der Waals surface area contributed by atoms with Crippen molar-refractivity contribution in [2.45, 2.75) is 0 Å². The Morgan fingerprint density at radius 2 is 2.00 bits per heavy atom. The molecule has 0 saturated carbocycles. The summed E-state index contributed by atoms with van der Waals surface area (Å²) in [5.74, 6) is 0.00349. The average Bonchev–Trinajstić information content (AvgIpc) is 2.90. The molecule has 0 radical (unpaired) electrons. The predicted octanol–water partition coefficient (Wildman–Crippen LogP) is 3.55. The van der Waals surface area contributed by atoms with Crippen LogP contribution in [0.5, 0.6) is 11.5 Å². The average molecular weight is 347 g/mol. The van der Waals surface area contributed by atoms with Crippen LogP contribution in [0.2, 0.25) is 5.02 Å². The quantitative estimate of drug-likeness (QED) is 0.384. The number of halogens is 1. The van der Waals surface area contributed by atoms with Gasteiger partial charge in [-0.1, -0.05) is 29.8 Å². The number of rotatable bonds is 3. The van der Waals surface area contributed by atoms with Crippen LogP contribution in [0.3, 0.4) is 0 Å². The molecule has 3 N–H and O–H groups in total. The predicted molar refractivity (Wildman–Crippen MR) is 90.6 cm³/mol. The van der Waals surface area contributed by atoms with Gasteiger partial charge in [-0.2, -0.15) is 14.9 Å². The molecule has 0 aliphatic rings. The van der Waals surface area contributed by atoms with Gasteiger partial charge in [-0.25, -0.2) is 5.10 Å². The van der Waals surface area contributed by atoms with Crippen molar-refractivity contribution in [2.75, 3.05) is 0 Å². The van der Waals surface area contributed by atoms with Gasteiger partial charge in [0.05, 0.1) is 6.21 Å². The van der Waals surface area contributed by atoms with Crippen molar-refractivity contribution in [3.63, 3.8) is 0 Å². The Morgan fingerprint density at radius 1 is 1.22 bits per heavy atom. The van der Waals surface area contributed by atoms with Gasteiger partial charge in [-0.15, -0.1) is 0 Å². The fourth-order valence-electron chi connectivity index (χ4n) is 1.99. The van der Waals surface area contributed by atoms with Crippen LogP contribution < -0.4 is 0 Å². The molecule has 0 amide bonds. The Balaban J connectivity index is 2.04. The van der Waals surface area contributed by atoms with Gasteiger partial charge in [-0.3, -0.25) is 0 Å². The number of aromatic amines is 1. The van der Waals surface area contributed by atoms with Gasteiger partial charge >= 0.3 is 0 Å². The topological polar surface area (TPSA) is 86.4 Å². The van der Waals surface area contributed by atoms with Gasteiger partial charge in [0, 0.05) is 16.1 Å². The van der Waals surface area contributed by atoms with E-state index >= 15 is 0 Å². The summed E-state index contributed by atoms with van der Waals surface area (Å²) in [5, 5.41) is 30.9. The summed E-state index contributed by atoms with van der Waals surface area (Å²) in [5.41, 5.74) is 1.09. The van der Waals surface area contributed by atoms with E-state index in [1.807, 2.05) is 6.07 Å². The number of H-pyrrole nitrogens is 1. The third kappa shape index (κ3) is 3.10. The molecule has 0 unspecified atom stereocenters. The molecule has 6 nitrogen and oxygen atoms in total. The number of nitrogens with zero attached hydrogens (tertiary/aromatic N) is 3. The van der Waals surface area contributed by atoms with Crippen molar-refractivity contribution >= 4 is 30.0 Å². The third-order valence-electron chi connectivity index (χ3n) is 3.09. The minimum atomic E-state index is -0.254. The normalized spacial score (nSPS) is 11.2. The van der Waals surface area contributed by atoms with Crippen molar-refractivity contribution < 1.29 is 10.2 Å². The van der Waals surface area contributed by atoms with E-state index in [-0.39, 0.29) is 16.3 Å². The van der Waals surface area contributed by atoms with Crippen molar-refractivity contribution in [3.05, 3.63) is 57.8 Å². The van der Waals surface area contributed by atoms with Gasteiger partial charge in [0.2, 0.25) is 4.77 Å². The highest BCUT2D eigenvalue weighted by molar-refractivity contribution is 7.71. The fourth-order valence-corrected chi connectivity index (χ4v) is 2.36. The third-order valence-corrected chi connectivity index (χ3v) is 3.59. The Kier molecular flexibility index (Phi) is 4.14. The maximum absolute atomic E-state index is 9.80. The molecule has 116 valence electrons. The monoisotopic (exact) mass is 346 g/mol. The van der Waals surface area contributed by atoms with Crippen LogP contribution in [0.25, 0.3) is 11.4 Å². The minimum Gasteiger partial charge on any atom is -0.504 e. The van der Waals surface area contributed by atoms with Crippen LogP contribution in [0, 0.1) is 4.77 Å². The zero-order valence-corrected chi connectivity index (χ0v) is 13.2. The summed E-state index contributed by atoms with van der Waals surface area (Å²) < 4.78 is 1.70. The molecule has 3 aromatic rings. The summed E-state index contributed by atoms with van der Waals surface area (Å²) in [6, 6.07) is 11.7. The Morgan fingerprint density at radius 3 is 2.78 bits per heavy atom. The molecule has 0 aliphatic heterocycles. The number of phenols is 2. The smallest absolute Gasteiger partial charge is 0.216 e. The lowest BCUT2D eigenvalue weighted by Crippen LogP contribution is -1.95. The minimum absolute atomic E-state index is 0.222. The van der Waals surface area contributed by atoms with E-state index in [2.05, 4.69) is 15.3 Å². The summed E-state index contributed by atoms with van der Waals surface area (Å²) in [6.07, 6.45) is 1.38. The molecular formula is C15H11ClN4O2S. The number of aromatic nitrogens is 3. The number of benzene rings is 2. The summed E-state index contributed by atoms with van der Waals surface area (Å²) in [6.45, 7) is 0. The lowest BCUT2D eigenvalue weighted by Gasteiger charge is -2.03. The number of nitrogens with one attached hydrogen (secondary N) is 1. The van der Waals surface area contributed by atoms with Crippen molar-refractivity contribution in [3.8, 4) is 22.9 Å². The molecule has 0 bridgehead atoms. The standard InChI is InChI=1S/C15H11ClN4O2S/c16-11-5-1-3-9(7-11)14-18-19-15(23)20(14)17-8-10-4-2-6-12(21)13(10)22/h1-8,21-22H,(H,19,23)/b17-8+. The largest absolute Gasteiger partial charge is 0.504 e. The molecule has 2 aromatic carbocycles. The first-order valence-electron chi connectivity index (χ1n) is 6.55. The summed E-state index contributed by atoms with van der Waals surface area (Å²) in [4.78, 5) is 0. The lowest BCUT2D eigenvalue weighted by atomic mass is 10.2.